The van der Waals surface area contributed by atoms with Gasteiger partial charge in [-0.05, 0) is 30.4 Å². The zero-order chi connectivity index (χ0) is 21.3. The van der Waals surface area contributed by atoms with Crippen molar-refractivity contribution in [3.8, 4) is 23.7 Å². The molecule has 0 aromatic heterocycles. The number of carbonyl (C=O) groups is 2. The van der Waals surface area contributed by atoms with E-state index < -0.39 is 5.97 Å². The number of aryl methyl sites for hydroxylation is 1. The Labute approximate surface area is 175 Å². The summed E-state index contributed by atoms with van der Waals surface area (Å²) in [5.41, 5.74) is 2.50. The molecule has 1 fully saturated rings. The number of Topliss-reactive ketones (excluding diaryl/α,β-unsaturated/α-hetero) is 1. The molecular weight excluding hydrogens is 364 g/mol. The molecule has 1 aliphatic rings. The molecule has 0 bridgehead atoms. The van der Waals surface area contributed by atoms with E-state index in [-0.39, 0.29) is 0 Å². The van der Waals surface area contributed by atoms with E-state index in [4.69, 9.17) is 9.84 Å². The molecule has 1 N–H and O–H groups in total. The summed E-state index contributed by atoms with van der Waals surface area (Å²) in [7, 11) is 1.71. The highest BCUT2D eigenvalue weighted by atomic mass is 16.5. The lowest BCUT2D eigenvalue weighted by Crippen LogP contribution is -1.92. The second kappa shape index (κ2) is 15.4. The van der Waals surface area contributed by atoms with Crippen molar-refractivity contribution < 1.29 is 19.4 Å². The summed E-state index contributed by atoms with van der Waals surface area (Å²) < 4.78 is 5.13. The fraction of sp³-hybridized carbons (Fsp3) is 0.520. The van der Waals surface area contributed by atoms with Crippen molar-refractivity contribution in [1.82, 2.24) is 0 Å². The maximum Gasteiger partial charge on any atom is 0.381 e. The van der Waals surface area contributed by atoms with Gasteiger partial charge in [-0.3, -0.25) is 4.79 Å². The van der Waals surface area contributed by atoms with E-state index in [2.05, 4.69) is 54.9 Å². The number of rotatable bonds is 7. The number of carbonyl (C=O) groups excluding carboxylic acids is 1. The highest BCUT2D eigenvalue weighted by molar-refractivity contribution is 5.86. The number of hydrogen-bond donors (Lipinski definition) is 1. The SMILES string of the molecule is CCCCCC#CC(=O)O.COCc1cccc(CCC#CC2CCC(=O)C2)c1. The number of unbranched alkanes of at least 4 members (excludes halogenated alkanes) is 3. The third-order valence-electron chi connectivity index (χ3n) is 4.49. The van der Waals surface area contributed by atoms with Crippen LogP contribution in [0, 0.1) is 29.6 Å². The van der Waals surface area contributed by atoms with Gasteiger partial charge in [0.15, 0.2) is 0 Å². The molecule has 1 saturated carbocycles. The second-order valence-corrected chi connectivity index (χ2v) is 7.12. The van der Waals surface area contributed by atoms with Gasteiger partial charge in [-0.2, -0.15) is 0 Å². The van der Waals surface area contributed by atoms with E-state index in [1.165, 1.54) is 11.1 Å². The van der Waals surface area contributed by atoms with Crippen molar-refractivity contribution in [2.24, 2.45) is 5.92 Å². The molecule has 4 nitrogen and oxygen atoms in total. The van der Waals surface area contributed by atoms with Crippen LogP contribution in [-0.4, -0.2) is 24.0 Å². The Bertz CT molecular complexity index is 758. The average molecular weight is 397 g/mol. The molecule has 1 aromatic carbocycles. The summed E-state index contributed by atoms with van der Waals surface area (Å²) in [5, 5.41) is 8.10. The molecule has 1 aliphatic carbocycles. The summed E-state index contributed by atoms with van der Waals surface area (Å²) in [5.74, 6) is 10.7. The first kappa shape index (κ1) is 24.5. The molecule has 1 atom stereocenters. The zero-order valence-electron chi connectivity index (χ0n) is 17.6. The largest absolute Gasteiger partial charge is 0.472 e. The number of ketones is 1. The Morgan fingerprint density at radius 2 is 2.00 bits per heavy atom. The Kier molecular flexibility index (Phi) is 13.0. The van der Waals surface area contributed by atoms with Gasteiger partial charge in [-0.15, -0.1) is 5.92 Å². The van der Waals surface area contributed by atoms with Gasteiger partial charge < -0.3 is 9.84 Å². The molecule has 1 aromatic rings. The van der Waals surface area contributed by atoms with Crippen LogP contribution in [0.5, 0.6) is 0 Å². The van der Waals surface area contributed by atoms with E-state index in [1.54, 1.807) is 7.11 Å². The quantitative estimate of drug-likeness (QED) is 0.531. The smallest absolute Gasteiger partial charge is 0.381 e. The van der Waals surface area contributed by atoms with Crippen LogP contribution in [0.4, 0.5) is 0 Å². The highest BCUT2D eigenvalue weighted by Crippen LogP contribution is 2.20. The van der Waals surface area contributed by atoms with Gasteiger partial charge in [0.05, 0.1) is 6.61 Å². The normalized spacial score (nSPS) is 14.7. The van der Waals surface area contributed by atoms with Crippen LogP contribution in [0.2, 0.25) is 0 Å². The average Bonchev–Trinajstić information content (AvgIpc) is 3.11. The molecule has 0 radical (unpaired) electrons. The van der Waals surface area contributed by atoms with Crippen LogP contribution < -0.4 is 0 Å². The van der Waals surface area contributed by atoms with Crippen molar-refractivity contribution in [1.29, 1.82) is 0 Å². The van der Waals surface area contributed by atoms with Crippen molar-refractivity contribution >= 4 is 11.8 Å². The summed E-state index contributed by atoms with van der Waals surface area (Å²) in [6.45, 7) is 2.76. The van der Waals surface area contributed by atoms with Gasteiger partial charge >= 0.3 is 5.97 Å². The third kappa shape index (κ3) is 12.5. The summed E-state index contributed by atoms with van der Waals surface area (Å²) in [6.07, 6.45) is 8.16. The van der Waals surface area contributed by atoms with Crippen molar-refractivity contribution in [3.63, 3.8) is 0 Å². The Hall–Kier alpha value is -2.56. The number of carboxylic acids is 1. The molecule has 156 valence electrons. The zero-order valence-corrected chi connectivity index (χ0v) is 17.6. The Morgan fingerprint density at radius 3 is 2.66 bits per heavy atom. The fourth-order valence-corrected chi connectivity index (χ4v) is 3.00. The van der Waals surface area contributed by atoms with Gasteiger partial charge in [0.2, 0.25) is 0 Å². The van der Waals surface area contributed by atoms with Crippen molar-refractivity contribution in [2.75, 3.05) is 7.11 Å². The first-order valence-electron chi connectivity index (χ1n) is 10.3. The molecule has 0 amide bonds. The van der Waals surface area contributed by atoms with Crippen LogP contribution in [0.25, 0.3) is 0 Å². The molecule has 1 unspecified atom stereocenters. The molecule has 0 saturated heterocycles. The number of aliphatic carboxylic acids is 1. The van der Waals surface area contributed by atoms with Crippen LogP contribution in [0.1, 0.15) is 69.4 Å². The van der Waals surface area contributed by atoms with Crippen LogP contribution in [-0.2, 0) is 27.4 Å². The van der Waals surface area contributed by atoms with Crippen LogP contribution >= 0.6 is 0 Å². The minimum absolute atomic E-state index is 0.312. The van der Waals surface area contributed by atoms with Gasteiger partial charge in [-0.1, -0.05) is 55.9 Å². The fourth-order valence-electron chi connectivity index (χ4n) is 3.00. The lowest BCUT2D eigenvalue weighted by Gasteiger charge is -2.02. The molecule has 2 rings (SSSR count). The number of ether oxygens (including phenoxy) is 1. The summed E-state index contributed by atoms with van der Waals surface area (Å²) in [6, 6.07) is 8.43. The molecule has 0 heterocycles. The van der Waals surface area contributed by atoms with E-state index in [1.807, 2.05) is 0 Å². The standard InChI is InChI=1S/C17H20O2.C8H12O2/c1-19-13-16-8-4-7-14(11-16)5-2-3-6-15-9-10-17(18)12-15;1-2-3-4-5-6-7-8(9)10/h4,7-8,11,15H,2,5,9-10,12-13H2,1H3;2-5H2,1H3,(H,9,10). The van der Waals surface area contributed by atoms with Crippen LogP contribution in [0.15, 0.2) is 24.3 Å². The Morgan fingerprint density at radius 1 is 1.21 bits per heavy atom. The predicted molar refractivity (Wildman–Crippen MR) is 115 cm³/mol. The first-order valence-corrected chi connectivity index (χ1v) is 10.3. The second-order valence-electron chi connectivity index (χ2n) is 7.12. The minimum atomic E-state index is -1.03. The molecular formula is C25H32O4. The number of hydrogen-bond acceptors (Lipinski definition) is 3. The third-order valence-corrected chi connectivity index (χ3v) is 4.49. The maximum atomic E-state index is 11.1. The minimum Gasteiger partial charge on any atom is -0.472 e. The monoisotopic (exact) mass is 396 g/mol. The van der Waals surface area contributed by atoms with Gasteiger partial charge in [0.1, 0.15) is 5.78 Å². The molecule has 29 heavy (non-hydrogen) atoms. The summed E-state index contributed by atoms with van der Waals surface area (Å²) >= 11 is 0. The molecule has 4 heteroatoms. The molecule has 0 spiro atoms. The van der Waals surface area contributed by atoms with E-state index in [0.29, 0.717) is 31.1 Å². The number of carboxylic acid groups (broad SMARTS) is 1. The number of methoxy groups -OCH3 is 1. The molecule has 0 aliphatic heterocycles. The van der Waals surface area contributed by atoms with E-state index in [0.717, 1.165) is 44.9 Å². The van der Waals surface area contributed by atoms with E-state index >= 15 is 0 Å². The van der Waals surface area contributed by atoms with Crippen LogP contribution in [0.3, 0.4) is 0 Å². The maximum absolute atomic E-state index is 11.1. The van der Waals surface area contributed by atoms with Gasteiger partial charge in [0.25, 0.3) is 0 Å². The summed E-state index contributed by atoms with van der Waals surface area (Å²) in [4.78, 5) is 21.0. The van der Waals surface area contributed by atoms with E-state index in [9.17, 15) is 9.59 Å². The topological polar surface area (TPSA) is 63.6 Å². The van der Waals surface area contributed by atoms with Crippen molar-refractivity contribution in [2.45, 2.75) is 71.3 Å². The van der Waals surface area contributed by atoms with Gasteiger partial charge in [-0.25, -0.2) is 4.79 Å². The number of benzene rings is 1. The lowest BCUT2D eigenvalue weighted by molar-refractivity contribution is -0.130. The highest BCUT2D eigenvalue weighted by Gasteiger charge is 2.19. The van der Waals surface area contributed by atoms with Gasteiger partial charge in [0, 0.05) is 44.6 Å². The first-order chi connectivity index (χ1) is 14.0. The Balaban J connectivity index is 0.000000359. The van der Waals surface area contributed by atoms with Crippen molar-refractivity contribution in [3.05, 3.63) is 35.4 Å². The predicted octanol–water partition coefficient (Wildman–Crippen LogP) is 4.79. The lowest BCUT2D eigenvalue weighted by atomic mass is 10.1.